The first kappa shape index (κ1) is 5.36. The average molecular weight is 140 g/mol. The normalized spacial score (nSPS) is 35.6. The summed E-state index contributed by atoms with van der Waals surface area (Å²) < 4.78 is 0. The van der Waals surface area contributed by atoms with Crippen molar-refractivity contribution in [3.63, 3.8) is 0 Å². The SMILES string of the molecule is C1=CC2=CC=CC23C=CC3=C1. The summed E-state index contributed by atoms with van der Waals surface area (Å²) in [6.07, 6.45) is 17.5. The van der Waals surface area contributed by atoms with Crippen molar-refractivity contribution in [1.29, 1.82) is 0 Å². The van der Waals surface area contributed by atoms with Gasteiger partial charge in [0.1, 0.15) is 0 Å². The molecule has 3 rings (SSSR count). The largest absolute Gasteiger partial charge is 0.0658 e. The third-order valence-corrected chi connectivity index (χ3v) is 2.67. The fourth-order valence-electron chi connectivity index (χ4n) is 1.95. The van der Waals surface area contributed by atoms with Crippen LogP contribution in [0.2, 0.25) is 0 Å². The van der Waals surface area contributed by atoms with Crippen LogP contribution in [0.3, 0.4) is 0 Å². The summed E-state index contributed by atoms with van der Waals surface area (Å²) in [6, 6.07) is 0. The second-order valence-corrected chi connectivity index (χ2v) is 3.16. The van der Waals surface area contributed by atoms with Crippen molar-refractivity contribution >= 4 is 0 Å². The summed E-state index contributed by atoms with van der Waals surface area (Å²) in [4.78, 5) is 0. The standard InChI is InChI=1S/C11H8/c1-3-9-5-2-7-11(9)8-6-10(11)4-1/h1-8H. The predicted octanol–water partition coefficient (Wildman–Crippen LogP) is 2.54. The van der Waals surface area contributed by atoms with E-state index in [0.29, 0.717) is 0 Å². The van der Waals surface area contributed by atoms with Crippen molar-refractivity contribution in [3.05, 3.63) is 59.8 Å². The van der Waals surface area contributed by atoms with Crippen molar-refractivity contribution in [3.8, 4) is 0 Å². The fourth-order valence-corrected chi connectivity index (χ4v) is 1.95. The van der Waals surface area contributed by atoms with Crippen LogP contribution in [0.5, 0.6) is 0 Å². The van der Waals surface area contributed by atoms with Gasteiger partial charge in [0, 0.05) is 0 Å². The molecule has 0 saturated heterocycles. The number of hydrogen-bond donors (Lipinski definition) is 0. The summed E-state index contributed by atoms with van der Waals surface area (Å²) in [7, 11) is 0. The molecule has 0 amide bonds. The lowest BCUT2D eigenvalue weighted by molar-refractivity contribution is 0.699. The highest BCUT2D eigenvalue weighted by molar-refractivity contribution is 5.64. The molecule has 0 radical (unpaired) electrons. The molecule has 3 aliphatic carbocycles. The van der Waals surface area contributed by atoms with E-state index in [2.05, 4.69) is 48.6 Å². The molecule has 0 aromatic heterocycles. The third-order valence-electron chi connectivity index (χ3n) is 2.67. The van der Waals surface area contributed by atoms with E-state index >= 15 is 0 Å². The molecule has 3 aliphatic rings. The zero-order valence-corrected chi connectivity index (χ0v) is 6.12. The van der Waals surface area contributed by atoms with Crippen LogP contribution in [0.4, 0.5) is 0 Å². The molecule has 0 N–H and O–H groups in total. The second kappa shape index (κ2) is 1.48. The van der Waals surface area contributed by atoms with E-state index in [4.69, 9.17) is 0 Å². The maximum Gasteiger partial charge on any atom is 0.0568 e. The van der Waals surface area contributed by atoms with Crippen LogP contribution in [-0.4, -0.2) is 0 Å². The minimum Gasteiger partial charge on any atom is -0.0658 e. The minimum atomic E-state index is 0.203. The summed E-state index contributed by atoms with van der Waals surface area (Å²) in [6.45, 7) is 0. The maximum absolute atomic E-state index is 2.26. The van der Waals surface area contributed by atoms with E-state index in [9.17, 15) is 0 Å². The third kappa shape index (κ3) is 0.443. The minimum absolute atomic E-state index is 0.203. The second-order valence-electron chi connectivity index (χ2n) is 3.16. The van der Waals surface area contributed by atoms with Crippen LogP contribution >= 0.6 is 0 Å². The Morgan fingerprint density at radius 3 is 2.36 bits per heavy atom. The molecule has 0 aromatic carbocycles. The highest BCUT2D eigenvalue weighted by atomic mass is 14.4. The van der Waals surface area contributed by atoms with Gasteiger partial charge >= 0.3 is 0 Å². The van der Waals surface area contributed by atoms with Crippen LogP contribution in [-0.2, 0) is 0 Å². The zero-order chi connectivity index (χ0) is 7.31. The van der Waals surface area contributed by atoms with E-state index in [1.165, 1.54) is 11.1 Å². The van der Waals surface area contributed by atoms with Crippen molar-refractivity contribution in [1.82, 2.24) is 0 Å². The van der Waals surface area contributed by atoms with Crippen molar-refractivity contribution in [2.75, 3.05) is 0 Å². The van der Waals surface area contributed by atoms with Gasteiger partial charge in [-0.2, -0.15) is 0 Å². The summed E-state index contributed by atoms with van der Waals surface area (Å²) in [5.41, 5.74) is 3.05. The molecule has 0 fully saturated rings. The molecule has 1 atom stereocenters. The molecular formula is C11H8. The van der Waals surface area contributed by atoms with Gasteiger partial charge in [-0.1, -0.05) is 48.6 Å². The molecule has 0 saturated carbocycles. The Morgan fingerprint density at radius 2 is 1.64 bits per heavy atom. The molecule has 0 aromatic rings. The molecule has 0 bridgehead atoms. The molecule has 0 aliphatic heterocycles. The Balaban J connectivity index is 2.32. The van der Waals surface area contributed by atoms with E-state index in [0.717, 1.165) is 0 Å². The van der Waals surface area contributed by atoms with Crippen LogP contribution in [0, 0.1) is 5.41 Å². The zero-order valence-electron chi connectivity index (χ0n) is 6.12. The van der Waals surface area contributed by atoms with Crippen molar-refractivity contribution < 1.29 is 0 Å². The van der Waals surface area contributed by atoms with Gasteiger partial charge in [-0.15, -0.1) is 0 Å². The lowest BCUT2D eigenvalue weighted by Gasteiger charge is -2.36. The highest BCUT2D eigenvalue weighted by Crippen LogP contribution is 2.51. The van der Waals surface area contributed by atoms with Crippen LogP contribution < -0.4 is 0 Å². The Bertz CT molecular complexity index is 351. The van der Waals surface area contributed by atoms with Crippen LogP contribution in [0.1, 0.15) is 0 Å². The Hall–Kier alpha value is -1.30. The van der Waals surface area contributed by atoms with Crippen LogP contribution in [0.25, 0.3) is 0 Å². The topological polar surface area (TPSA) is 0 Å². The number of allylic oxidation sites excluding steroid dienone is 10. The summed E-state index contributed by atoms with van der Waals surface area (Å²) in [5.74, 6) is 0. The predicted molar refractivity (Wildman–Crippen MR) is 46.0 cm³/mol. The van der Waals surface area contributed by atoms with Gasteiger partial charge in [-0.3, -0.25) is 0 Å². The van der Waals surface area contributed by atoms with Gasteiger partial charge in [0.05, 0.1) is 5.41 Å². The summed E-state index contributed by atoms with van der Waals surface area (Å²) in [5, 5.41) is 0. The Kier molecular flexibility index (Phi) is 0.719. The van der Waals surface area contributed by atoms with Crippen molar-refractivity contribution in [2.24, 2.45) is 5.41 Å². The Labute approximate surface area is 65.9 Å². The lowest BCUT2D eigenvalue weighted by atomic mass is 9.66. The molecule has 52 valence electrons. The highest BCUT2D eigenvalue weighted by Gasteiger charge is 2.39. The molecule has 0 heteroatoms. The molecule has 11 heavy (non-hydrogen) atoms. The van der Waals surface area contributed by atoms with Gasteiger partial charge in [0.25, 0.3) is 0 Å². The van der Waals surface area contributed by atoms with Gasteiger partial charge in [0.2, 0.25) is 0 Å². The fraction of sp³-hybridized carbons (Fsp3) is 0.0909. The molecular weight excluding hydrogens is 132 g/mol. The molecule has 0 heterocycles. The van der Waals surface area contributed by atoms with Gasteiger partial charge in [-0.25, -0.2) is 0 Å². The molecule has 1 spiro atoms. The van der Waals surface area contributed by atoms with E-state index in [1.807, 2.05) is 0 Å². The van der Waals surface area contributed by atoms with E-state index in [-0.39, 0.29) is 5.41 Å². The number of hydrogen-bond acceptors (Lipinski definition) is 0. The molecule has 1 unspecified atom stereocenters. The first-order valence-corrected chi connectivity index (χ1v) is 3.90. The quantitative estimate of drug-likeness (QED) is 0.485. The van der Waals surface area contributed by atoms with Crippen LogP contribution in [0.15, 0.2) is 59.8 Å². The van der Waals surface area contributed by atoms with Gasteiger partial charge in [-0.05, 0) is 11.1 Å². The average Bonchev–Trinajstić information content (AvgIpc) is 2.40. The molecule has 0 nitrogen and oxygen atoms in total. The first-order chi connectivity index (χ1) is 5.42. The summed E-state index contributed by atoms with van der Waals surface area (Å²) >= 11 is 0. The van der Waals surface area contributed by atoms with Gasteiger partial charge < -0.3 is 0 Å². The van der Waals surface area contributed by atoms with Gasteiger partial charge in [0.15, 0.2) is 0 Å². The maximum atomic E-state index is 2.26. The first-order valence-electron chi connectivity index (χ1n) is 3.90. The smallest absolute Gasteiger partial charge is 0.0568 e. The Morgan fingerprint density at radius 1 is 0.818 bits per heavy atom. The van der Waals surface area contributed by atoms with E-state index in [1.54, 1.807) is 0 Å². The van der Waals surface area contributed by atoms with Crippen molar-refractivity contribution in [2.45, 2.75) is 0 Å². The van der Waals surface area contributed by atoms with E-state index < -0.39 is 0 Å². The lowest BCUT2D eigenvalue weighted by Crippen LogP contribution is -2.25. The number of rotatable bonds is 0. The monoisotopic (exact) mass is 140 g/mol.